The molecular weight excluding hydrogens is 274 g/mol. The van der Waals surface area contributed by atoms with Crippen LogP contribution in [0.3, 0.4) is 0 Å². The van der Waals surface area contributed by atoms with Crippen LogP contribution in [0.2, 0.25) is 0 Å². The number of nitrogens with one attached hydrogen (secondary N) is 1. The van der Waals surface area contributed by atoms with Gasteiger partial charge in [-0.2, -0.15) is 0 Å². The van der Waals surface area contributed by atoms with Crippen molar-refractivity contribution in [1.82, 2.24) is 4.90 Å². The zero-order valence-corrected chi connectivity index (χ0v) is 11.9. The van der Waals surface area contributed by atoms with Gasteiger partial charge in [0.2, 0.25) is 5.91 Å². The van der Waals surface area contributed by atoms with Crippen molar-refractivity contribution in [1.29, 1.82) is 0 Å². The Morgan fingerprint density at radius 2 is 2.33 bits per heavy atom. The van der Waals surface area contributed by atoms with Crippen LogP contribution in [0.25, 0.3) is 0 Å². The van der Waals surface area contributed by atoms with E-state index in [4.69, 9.17) is 0 Å². The quantitative estimate of drug-likeness (QED) is 0.630. The Balaban J connectivity index is 1.98. The lowest BCUT2D eigenvalue weighted by molar-refractivity contribution is -0.384. The molecule has 0 unspecified atom stereocenters. The molecule has 0 spiro atoms. The summed E-state index contributed by atoms with van der Waals surface area (Å²) in [6, 6.07) is 4.39. The SMILES string of the molecule is Cc1cc([N+](=O)[O-])ccc1NC(=O)CN1CCC[C@@H]1CO. The summed E-state index contributed by atoms with van der Waals surface area (Å²) < 4.78 is 0. The van der Waals surface area contributed by atoms with Crippen molar-refractivity contribution in [2.45, 2.75) is 25.8 Å². The maximum absolute atomic E-state index is 12.0. The third-order valence-electron chi connectivity index (χ3n) is 3.75. The fourth-order valence-corrected chi connectivity index (χ4v) is 2.59. The molecule has 1 aromatic rings. The monoisotopic (exact) mass is 293 g/mol. The first-order chi connectivity index (χ1) is 10.0. The van der Waals surface area contributed by atoms with Gasteiger partial charge in [0.25, 0.3) is 5.69 Å². The minimum Gasteiger partial charge on any atom is -0.395 e. The van der Waals surface area contributed by atoms with Crippen molar-refractivity contribution < 1.29 is 14.8 Å². The lowest BCUT2D eigenvalue weighted by Crippen LogP contribution is -2.38. The molecule has 0 aliphatic carbocycles. The van der Waals surface area contributed by atoms with Crippen molar-refractivity contribution >= 4 is 17.3 Å². The molecule has 7 heteroatoms. The largest absolute Gasteiger partial charge is 0.395 e. The predicted molar refractivity (Wildman–Crippen MR) is 78.1 cm³/mol. The van der Waals surface area contributed by atoms with E-state index in [9.17, 15) is 20.0 Å². The second-order valence-electron chi connectivity index (χ2n) is 5.25. The van der Waals surface area contributed by atoms with Gasteiger partial charge in [-0.3, -0.25) is 19.8 Å². The van der Waals surface area contributed by atoms with E-state index in [1.807, 2.05) is 4.90 Å². The molecule has 1 aliphatic rings. The van der Waals surface area contributed by atoms with Gasteiger partial charge in [0, 0.05) is 23.9 Å². The minimum atomic E-state index is -0.464. The van der Waals surface area contributed by atoms with Gasteiger partial charge in [0.15, 0.2) is 0 Å². The number of aryl methyl sites for hydroxylation is 1. The number of nitro benzene ring substituents is 1. The molecule has 1 saturated heterocycles. The second kappa shape index (κ2) is 6.64. The van der Waals surface area contributed by atoms with Crippen LogP contribution in [0.4, 0.5) is 11.4 Å². The van der Waals surface area contributed by atoms with E-state index in [0.717, 1.165) is 19.4 Å². The van der Waals surface area contributed by atoms with Crippen LogP contribution in [0.15, 0.2) is 18.2 Å². The lowest BCUT2D eigenvalue weighted by atomic mass is 10.2. The van der Waals surface area contributed by atoms with E-state index in [2.05, 4.69) is 5.32 Å². The number of amides is 1. The molecule has 1 fully saturated rings. The van der Waals surface area contributed by atoms with E-state index in [-0.39, 0.29) is 30.8 Å². The van der Waals surface area contributed by atoms with Crippen LogP contribution in [-0.4, -0.2) is 46.6 Å². The zero-order chi connectivity index (χ0) is 15.4. The topological polar surface area (TPSA) is 95.7 Å². The molecule has 2 N–H and O–H groups in total. The molecule has 0 radical (unpaired) electrons. The molecule has 1 heterocycles. The summed E-state index contributed by atoms with van der Waals surface area (Å²) in [6.07, 6.45) is 1.88. The predicted octanol–water partition coefficient (Wildman–Crippen LogP) is 1.30. The first-order valence-electron chi connectivity index (χ1n) is 6.91. The molecule has 21 heavy (non-hydrogen) atoms. The number of hydrogen-bond donors (Lipinski definition) is 2. The Labute approximate surface area is 122 Å². The summed E-state index contributed by atoms with van der Waals surface area (Å²) in [5.41, 5.74) is 1.23. The molecule has 7 nitrogen and oxygen atoms in total. The van der Waals surface area contributed by atoms with Gasteiger partial charge < -0.3 is 10.4 Å². The molecule has 2 rings (SSSR count). The highest BCUT2D eigenvalue weighted by Crippen LogP contribution is 2.21. The Morgan fingerprint density at radius 3 is 2.95 bits per heavy atom. The molecule has 0 bridgehead atoms. The summed E-state index contributed by atoms with van der Waals surface area (Å²) >= 11 is 0. The average Bonchev–Trinajstić information content (AvgIpc) is 2.87. The minimum absolute atomic E-state index is 0.00499. The number of anilines is 1. The molecule has 0 aromatic heterocycles. The van der Waals surface area contributed by atoms with Gasteiger partial charge in [-0.1, -0.05) is 0 Å². The Hall–Kier alpha value is -1.99. The van der Waals surface area contributed by atoms with Crippen LogP contribution in [0.5, 0.6) is 0 Å². The highest BCUT2D eigenvalue weighted by atomic mass is 16.6. The van der Waals surface area contributed by atoms with Gasteiger partial charge >= 0.3 is 0 Å². The first kappa shape index (κ1) is 15.4. The molecule has 1 aliphatic heterocycles. The van der Waals surface area contributed by atoms with Crippen LogP contribution in [-0.2, 0) is 4.79 Å². The number of aliphatic hydroxyl groups is 1. The number of rotatable bonds is 5. The van der Waals surface area contributed by atoms with Crippen molar-refractivity contribution in [2.24, 2.45) is 0 Å². The standard InChI is InChI=1S/C14H19N3O4/c1-10-7-11(17(20)21)4-5-13(10)15-14(19)8-16-6-2-3-12(16)9-18/h4-5,7,12,18H,2-3,6,8-9H2,1H3,(H,15,19)/t12-/m1/s1. The van der Waals surface area contributed by atoms with Gasteiger partial charge in [0.1, 0.15) is 0 Å². The molecule has 1 aromatic carbocycles. The van der Waals surface area contributed by atoms with E-state index >= 15 is 0 Å². The van der Waals surface area contributed by atoms with Gasteiger partial charge in [-0.15, -0.1) is 0 Å². The summed E-state index contributed by atoms with van der Waals surface area (Å²) in [5, 5.41) is 22.7. The first-order valence-corrected chi connectivity index (χ1v) is 6.91. The summed E-state index contributed by atoms with van der Waals surface area (Å²) in [4.78, 5) is 24.2. The second-order valence-corrected chi connectivity index (χ2v) is 5.25. The third-order valence-corrected chi connectivity index (χ3v) is 3.75. The van der Waals surface area contributed by atoms with Crippen molar-refractivity contribution in [3.05, 3.63) is 33.9 Å². The summed E-state index contributed by atoms with van der Waals surface area (Å²) in [7, 11) is 0. The van der Waals surface area contributed by atoms with Crippen LogP contribution >= 0.6 is 0 Å². The maximum Gasteiger partial charge on any atom is 0.269 e. The van der Waals surface area contributed by atoms with E-state index in [1.54, 1.807) is 13.0 Å². The van der Waals surface area contributed by atoms with E-state index in [1.165, 1.54) is 12.1 Å². The summed E-state index contributed by atoms with van der Waals surface area (Å²) in [5.74, 6) is -0.174. The highest BCUT2D eigenvalue weighted by molar-refractivity contribution is 5.93. The Bertz CT molecular complexity index is 547. The number of likely N-dealkylation sites (tertiary alicyclic amines) is 1. The number of aliphatic hydroxyl groups excluding tert-OH is 1. The molecule has 114 valence electrons. The van der Waals surface area contributed by atoms with Crippen LogP contribution < -0.4 is 5.32 Å². The van der Waals surface area contributed by atoms with Crippen molar-refractivity contribution in [3.63, 3.8) is 0 Å². The zero-order valence-electron chi connectivity index (χ0n) is 11.9. The Kier molecular flexibility index (Phi) is 4.87. The number of benzene rings is 1. The molecule has 1 atom stereocenters. The smallest absolute Gasteiger partial charge is 0.269 e. The third kappa shape index (κ3) is 3.77. The van der Waals surface area contributed by atoms with E-state index in [0.29, 0.717) is 11.3 Å². The number of hydrogen-bond acceptors (Lipinski definition) is 5. The maximum atomic E-state index is 12.0. The normalized spacial score (nSPS) is 18.7. The van der Waals surface area contributed by atoms with Crippen LogP contribution in [0, 0.1) is 17.0 Å². The summed E-state index contributed by atoms with van der Waals surface area (Å²) in [6.45, 7) is 2.80. The number of non-ortho nitro benzene ring substituents is 1. The van der Waals surface area contributed by atoms with Crippen LogP contribution in [0.1, 0.15) is 18.4 Å². The number of carbonyl (C=O) groups is 1. The molecular formula is C14H19N3O4. The molecule has 1 amide bonds. The van der Waals surface area contributed by atoms with Crippen molar-refractivity contribution in [2.75, 3.05) is 25.0 Å². The lowest BCUT2D eigenvalue weighted by Gasteiger charge is -2.22. The van der Waals surface area contributed by atoms with Gasteiger partial charge in [-0.25, -0.2) is 0 Å². The fraction of sp³-hybridized carbons (Fsp3) is 0.500. The van der Waals surface area contributed by atoms with Gasteiger partial charge in [-0.05, 0) is 37.9 Å². The average molecular weight is 293 g/mol. The Morgan fingerprint density at radius 1 is 1.57 bits per heavy atom. The number of nitro groups is 1. The van der Waals surface area contributed by atoms with Gasteiger partial charge in [0.05, 0.1) is 18.1 Å². The highest BCUT2D eigenvalue weighted by Gasteiger charge is 2.25. The fourth-order valence-electron chi connectivity index (χ4n) is 2.59. The molecule has 0 saturated carbocycles. The van der Waals surface area contributed by atoms with Crippen molar-refractivity contribution in [3.8, 4) is 0 Å². The number of nitrogens with zero attached hydrogens (tertiary/aromatic N) is 2. The van der Waals surface area contributed by atoms with E-state index < -0.39 is 4.92 Å². The number of carbonyl (C=O) groups excluding carboxylic acids is 1.